The van der Waals surface area contributed by atoms with Crippen LogP contribution in [0, 0.1) is 13.8 Å². The van der Waals surface area contributed by atoms with Crippen molar-refractivity contribution >= 4 is 11.6 Å². The Kier molecular flexibility index (Phi) is 5.09. The predicted octanol–water partition coefficient (Wildman–Crippen LogP) is 2.87. The molecule has 0 spiro atoms. The Labute approximate surface area is 108 Å². The fourth-order valence-electron chi connectivity index (χ4n) is 2.07. The van der Waals surface area contributed by atoms with Gasteiger partial charge >= 0.3 is 0 Å². The van der Waals surface area contributed by atoms with Crippen LogP contribution in [0.5, 0.6) is 11.5 Å². The highest BCUT2D eigenvalue weighted by Gasteiger charge is 2.19. The van der Waals surface area contributed by atoms with E-state index in [1.54, 1.807) is 14.2 Å². The summed E-state index contributed by atoms with van der Waals surface area (Å²) < 4.78 is 10.8. The van der Waals surface area contributed by atoms with E-state index in [1.165, 1.54) is 0 Å². The molecule has 1 aromatic rings. The van der Waals surface area contributed by atoms with Gasteiger partial charge in [0, 0.05) is 11.1 Å². The van der Waals surface area contributed by atoms with Crippen molar-refractivity contribution in [3.05, 3.63) is 21.7 Å². The first-order valence-electron chi connectivity index (χ1n) is 5.68. The normalized spacial score (nSPS) is 10.5. The van der Waals surface area contributed by atoms with Gasteiger partial charge in [-0.2, -0.15) is 0 Å². The van der Waals surface area contributed by atoms with Gasteiger partial charge in [0.05, 0.1) is 19.2 Å². The van der Waals surface area contributed by atoms with Gasteiger partial charge in [-0.15, -0.1) is 0 Å². The first-order chi connectivity index (χ1) is 8.08. The fourth-order valence-corrected chi connectivity index (χ4v) is 2.37. The molecule has 0 heterocycles. The van der Waals surface area contributed by atoms with Crippen molar-refractivity contribution in [2.45, 2.75) is 26.7 Å². The summed E-state index contributed by atoms with van der Waals surface area (Å²) in [6, 6.07) is 0. The van der Waals surface area contributed by atoms with Crippen LogP contribution in [0.15, 0.2) is 0 Å². The lowest BCUT2D eigenvalue weighted by molar-refractivity contribution is 0.393. The van der Waals surface area contributed by atoms with Crippen LogP contribution in [-0.4, -0.2) is 20.8 Å². The van der Waals surface area contributed by atoms with Crippen LogP contribution in [0.25, 0.3) is 0 Å². The van der Waals surface area contributed by atoms with Crippen LogP contribution in [0.3, 0.4) is 0 Å². The van der Waals surface area contributed by atoms with Crippen molar-refractivity contribution in [1.82, 2.24) is 0 Å². The van der Waals surface area contributed by atoms with Crippen molar-refractivity contribution in [2.75, 3.05) is 20.8 Å². The van der Waals surface area contributed by atoms with E-state index in [0.717, 1.165) is 41.0 Å². The molecule has 1 aromatic carbocycles. The third-order valence-electron chi connectivity index (χ3n) is 2.98. The molecular weight excluding hydrogens is 238 g/mol. The number of hydrogen-bond acceptors (Lipinski definition) is 3. The maximum atomic E-state index is 6.26. The molecule has 2 N–H and O–H groups in total. The van der Waals surface area contributed by atoms with E-state index in [9.17, 15) is 0 Å². The van der Waals surface area contributed by atoms with Gasteiger partial charge in [0.15, 0.2) is 0 Å². The van der Waals surface area contributed by atoms with E-state index in [-0.39, 0.29) is 0 Å². The molecule has 0 radical (unpaired) electrons. The van der Waals surface area contributed by atoms with Crippen LogP contribution in [0.2, 0.25) is 5.02 Å². The van der Waals surface area contributed by atoms with Crippen LogP contribution >= 0.6 is 11.6 Å². The van der Waals surface area contributed by atoms with Crippen molar-refractivity contribution in [2.24, 2.45) is 5.73 Å². The quantitative estimate of drug-likeness (QED) is 0.882. The summed E-state index contributed by atoms with van der Waals surface area (Å²) in [6.45, 7) is 4.60. The Balaban J connectivity index is 3.38. The molecule has 0 aliphatic rings. The third kappa shape index (κ3) is 2.67. The summed E-state index contributed by atoms with van der Waals surface area (Å²) in [5.74, 6) is 1.58. The average molecular weight is 258 g/mol. The molecule has 0 aliphatic heterocycles. The van der Waals surface area contributed by atoms with Gasteiger partial charge in [-0.25, -0.2) is 0 Å². The summed E-state index contributed by atoms with van der Waals surface area (Å²) in [7, 11) is 3.30. The van der Waals surface area contributed by atoms with E-state index < -0.39 is 0 Å². The van der Waals surface area contributed by atoms with Crippen LogP contribution in [0.1, 0.15) is 23.1 Å². The molecule has 0 saturated heterocycles. The number of benzene rings is 1. The number of rotatable bonds is 5. The Morgan fingerprint density at radius 2 is 1.65 bits per heavy atom. The standard InChI is InChI=1S/C13H20ClNO2/c1-8-10(6-5-7-15)12(16-3)9(2)11(14)13(8)17-4/h5-7,15H2,1-4H3. The molecule has 0 aromatic heterocycles. The summed E-state index contributed by atoms with van der Waals surface area (Å²) in [4.78, 5) is 0. The van der Waals surface area contributed by atoms with Crippen molar-refractivity contribution < 1.29 is 9.47 Å². The SMILES string of the molecule is COc1c(C)c(CCCN)c(OC)c(C)c1Cl. The van der Waals surface area contributed by atoms with Gasteiger partial charge in [0.2, 0.25) is 0 Å². The van der Waals surface area contributed by atoms with Crippen molar-refractivity contribution in [1.29, 1.82) is 0 Å². The van der Waals surface area contributed by atoms with Gasteiger partial charge in [-0.05, 0) is 38.8 Å². The first kappa shape index (κ1) is 14.1. The van der Waals surface area contributed by atoms with Crippen molar-refractivity contribution in [3.8, 4) is 11.5 Å². The topological polar surface area (TPSA) is 44.5 Å². The van der Waals surface area contributed by atoms with Gasteiger partial charge in [-0.3, -0.25) is 0 Å². The molecule has 17 heavy (non-hydrogen) atoms. The molecular formula is C13H20ClNO2. The highest BCUT2D eigenvalue weighted by Crippen LogP contribution is 2.41. The predicted molar refractivity (Wildman–Crippen MR) is 71.4 cm³/mol. The van der Waals surface area contributed by atoms with Gasteiger partial charge in [0.25, 0.3) is 0 Å². The molecule has 1 rings (SSSR count). The van der Waals surface area contributed by atoms with E-state index in [1.807, 2.05) is 13.8 Å². The molecule has 0 saturated carbocycles. The monoisotopic (exact) mass is 257 g/mol. The molecule has 3 nitrogen and oxygen atoms in total. The van der Waals surface area contributed by atoms with E-state index in [0.29, 0.717) is 11.6 Å². The second-order valence-corrected chi connectivity index (χ2v) is 4.38. The Morgan fingerprint density at radius 1 is 1.06 bits per heavy atom. The molecule has 4 heteroatoms. The number of halogens is 1. The summed E-state index contributed by atoms with van der Waals surface area (Å²) >= 11 is 6.26. The Bertz CT molecular complexity index is 405. The van der Waals surface area contributed by atoms with Gasteiger partial charge in [0.1, 0.15) is 11.5 Å². The molecule has 96 valence electrons. The smallest absolute Gasteiger partial charge is 0.141 e. The zero-order valence-electron chi connectivity index (χ0n) is 10.9. The molecule has 0 unspecified atom stereocenters. The van der Waals surface area contributed by atoms with Gasteiger partial charge in [-0.1, -0.05) is 11.6 Å². The minimum Gasteiger partial charge on any atom is -0.496 e. The first-order valence-corrected chi connectivity index (χ1v) is 6.05. The Hall–Kier alpha value is -0.930. The molecule has 0 fully saturated rings. The van der Waals surface area contributed by atoms with Crippen LogP contribution in [0.4, 0.5) is 0 Å². The summed E-state index contributed by atoms with van der Waals surface area (Å²) in [6.07, 6.45) is 1.79. The van der Waals surface area contributed by atoms with Crippen LogP contribution < -0.4 is 15.2 Å². The van der Waals surface area contributed by atoms with Crippen molar-refractivity contribution in [3.63, 3.8) is 0 Å². The molecule has 0 amide bonds. The summed E-state index contributed by atoms with van der Waals surface area (Å²) in [5.41, 5.74) is 8.65. The lowest BCUT2D eigenvalue weighted by Gasteiger charge is -2.19. The zero-order valence-corrected chi connectivity index (χ0v) is 11.6. The molecule has 0 aliphatic carbocycles. The Morgan fingerprint density at radius 3 is 2.12 bits per heavy atom. The second kappa shape index (κ2) is 6.12. The second-order valence-electron chi connectivity index (χ2n) is 4.00. The largest absolute Gasteiger partial charge is 0.496 e. The third-order valence-corrected chi connectivity index (χ3v) is 3.43. The summed E-state index contributed by atoms with van der Waals surface area (Å²) in [5, 5.41) is 0.623. The highest BCUT2D eigenvalue weighted by molar-refractivity contribution is 6.33. The lowest BCUT2D eigenvalue weighted by Crippen LogP contribution is -2.06. The van der Waals surface area contributed by atoms with Gasteiger partial charge < -0.3 is 15.2 Å². The molecule has 0 bridgehead atoms. The minimum atomic E-state index is 0.623. The number of hydrogen-bond donors (Lipinski definition) is 1. The van der Waals surface area contributed by atoms with E-state index in [4.69, 9.17) is 26.8 Å². The number of nitrogens with two attached hydrogens (primary N) is 1. The van der Waals surface area contributed by atoms with E-state index >= 15 is 0 Å². The van der Waals surface area contributed by atoms with E-state index in [2.05, 4.69) is 0 Å². The average Bonchev–Trinajstić information content (AvgIpc) is 2.33. The number of methoxy groups -OCH3 is 2. The minimum absolute atomic E-state index is 0.623. The lowest BCUT2D eigenvalue weighted by atomic mass is 9.98. The number of ether oxygens (including phenoxy) is 2. The highest BCUT2D eigenvalue weighted by atomic mass is 35.5. The fraction of sp³-hybridized carbons (Fsp3) is 0.538. The van der Waals surface area contributed by atoms with Crippen LogP contribution in [-0.2, 0) is 6.42 Å². The maximum absolute atomic E-state index is 6.26. The zero-order chi connectivity index (χ0) is 13.0. The molecule has 0 atom stereocenters. The maximum Gasteiger partial charge on any atom is 0.141 e.